The van der Waals surface area contributed by atoms with Crippen LogP contribution in [0.5, 0.6) is 0 Å². The van der Waals surface area contributed by atoms with Gasteiger partial charge in [0, 0.05) is 11.1 Å². The van der Waals surface area contributed by atoms with E-state index in [0.29, 0.717) is 5.88 Å². The SMILES string of the molecule is Cc1c(CCl)coc1Br. The van der Waals surface area contributed by atoms with Crippen molar-refractivity contribution in [2.75, 3.05) is 0 Å². The number of furan rings is 1. The van der Waals surface area contributed by atoms with Gasteiger partial charge in [-0.25, -0.2) is 0 Å². The van der Waals surface area contributed by atoms with Crippen molar-refractivity contribution < 1.29 is 4.42 Å². The average Bonchev–Trinajstić information content (AvgIpc) is 2.15. The molecule has 0 amide bonds. The van der Waals surface area contributed by atoms with Crippen LogP contribution in [0, 0.1) is 6.92 Å². The quantitative estimate of drug-likeness (QED) is 0.648. The van der Waals surface area contributed by atoms with E-state index in [1.165, 1.54) is 0 Å². The molecule has 0 bridgehead atoms. The van der Waals surface area contributed by atoms with Crippen molar-refractivity contribution in [3.8, 4) is 0 Å². The number of rotatable bonds is 1. The number of alkyl halides is 1. The van der Waals surface area contributed by atoms with Crippen molar-refractivity contribution in [2.45, 2.75) is 12.8 Å². The summed E-state index contributed by atoms with van der Waals surface area (Å²) >= 11 is 8.80. The predicted molar refractivity (Wildman–Crippen MR) is 40.7 cm³/mol. The molecular formula is C6H6BrClO. The topological polar surface area (TPSA) is 13.1 Å². The second-order valence-corrected chi connectivity index (χ2v) is 2.78. The molecule has 9 heavy (non-hydrogen) atoms. The van der Waals surface area contributed by atoms with Crippen LogP contribution in [0.25, 0.3) is 0 Å². The van der Waals surface area contributed by atoms with Gasteiger partial charge in [0.2, 0.25) is 0 Å². The molecule has 1 aromatic rings. The standard InChI is InChI=1S/C6H6BrClO/c1-4-5(2-8)3-9-6(4)7/h3H,2H2,1H3. The van der Waals surface area contributed by atoms with Crippen molar-refractivity contribution in [1.29, 1.82) is 0 Å². The van der Waals surface area contributed by atoms with Gasteiger partial charge in [-0.1, -0.05) is 0 Å². The molecule has 0 aromatic carbocycles. The maximum atomic E-state index is 5.56. The molecule has 1 rings (SSSR count). The van der Waals surface area contributed by atoms with Gasteiger partial charge in [0.05, 0.1) is 12.1 Å². The highest BCUT2D eigenvalue weighted by atomic mass is 79.9. The Morgan fingerprint density at radius 2 is 2.44 bits per heavy atom. The largest absolute Gasteiger partial charge is 0.457 e. The summed E-state index contributed by atoms with van der Waals surface area (Å²) in [6, 6.07) is 0. The van der Waals surface area contributed by atoms with Gasteiger partial charge in [0.15, 0.2) is 4.67 Å². The molecule has 0 radical (unpaired) electrons. The van der Waals surface area contributed by atoms with Crippen molar-refractivity contribution in [3.05, 3.63) is 22.1 Å². The Balaban J connectivity index is 3.04. The molecule has 0 aliphatic carbocycles. The molecule has 0 aliphatic rings. The van der Waals surface area contributed by atoms with E-state index in [0.717, 1.165) is 15.8 Å². The third kappa shape index (κ3) is 1.30. The molecular weight excluding hydrogens is 203 g/mol. The summed E-state index contributed by atoms with van der Waals surface area (Å²) in [5.41, 5.74) is 2.13. The lowest BCUT2D eigenvalue weighted by Crippen LogP contribution is -1.74. The lowest BCUT2D eigenvalue weighted by Gasteiger charge is -1.86. The number of hydrogen-bond donors (Lipinski definition) is 0. The van der Waals surface area contributed by atoms with E-state index in [2.05, 4.69) is 15.9 Å². The normalized spacial score (nSPS) is 10.1. The monoisotopic (exact) mass is 208 g/mol. The molecule has 0 unspecified atom stereocenters. The van der Waals surface area contributed by atoms with Crippen LogP contribution < -0.4 is 0 Å². The fourth-order valence-corrected chi connectivity index (χ4v) is 1.17. The van der Waals surface area contributed by atoms with Crippen molar-refractivity contribution in [3.63, 3.8) is 0 Å². The summed E-state index contributed by atoms with van der Waals surface area (Å²) < 4.78 is 5.79. The van der Waals surface area contributed by atoms with Gasteiger partial charge < -0.3 is 4.42 Å². The summed E-state index contributed by atoms with van der Waals surface area (Å²) in [4.78, 5) is 0. The third-order valence-electron chi connectivity index (χ3n) is 1.23. The van der Waals surface area contributed by atoms with E-state index >= 15 is 0 Å². The zero-order valence-corrected chi connectivity index (χ0v) is 7.29. The van der Waals surface area contributed by atoms with Gasteiger partial charge >= 0.3 is 0 Å². The van der Waals surface area contributed by atoms with E-state index in [4.69, 9.17) is 16.0 Å². The van der Waals surface area contributed by atoms with E-state index < -0.39 is 0 Å². The predicted octanol–water partition coefficient (Wildman–Crippen LogP) is 3.09. The number of hydrogen-bond acceptors (Lipinski definition) is 1. The minimum Gasteiger partial charge on any atom is -0.457 e. The van der Waals surface area contributed by atoms with Gasteiger partial charge in [-0.2, -0.15) is 0 Å². The highest BCUT2D eigenvalue weighted by molar-refractivity contribution is 9.10. The third-order valence-corrected chi connectivity index (χ3v) is 2.29. The van der Waals surface area contributed by atoms with E-state index in [-0.39, 0.29) is 0 Å². The molecule has 3 heteroatoms. The molecule has 0 atom stereocenters. The fourth-order valence-electron chi connectivity index (χ4n) is 0.558. The van der Waals surface area contributed by atoms with Crippen molar-refractivity contribution in [2.24, 2.45) is 0 Å². The van der Waals surface area contributed by atoms with E-state index in [1.807, 2.05) is 6.92 Å². The second-order valence-electron chi connectivity index (χ2n) is 1.79. The smallest absolute Gasteiger partial charge is 0.172 e. The van der Waals surface area contributed by atoms with Crippen LogP contribution in [-0.4, -0.2) is 0 Å². The highest BCUT2D eigenvalue weighted by Gasteiger charge is 2.03. The molecule has 0 fully saturated rings. The summed E-state index contributed by atoms with van der Waals surface area (Å²) in [6.07, 6.45) is 1.66. The molecule has 50 valence electrons. The molecule has 1 heterocycles. The van der Waals surface area contributed by atoms with Crippen LogP contribution in [0.2, 0.25) is 0 Å². The van der Waals surface area contributed by atoms with Gasteiger partial charge in [-0.15, -0.1) is 11.6 Å². The first-order chi connectivity index (χ1) is 4.25. The molecule has 0 aliphatic heterocycles. The Morgan fingerprint density at radius 3 is 2.67 bits per heavy atom. The zero-order valence-electron chi connectivity index (χ0n) is 4.95. The zero-order chi connectivity index (χ0) is 6.85. The summed E-state index contributed by atoms with van der Waals surface area (Å²) in [7, 11) is 0. The van der Waals surface area contributed by atoms with Crippen molar-refractivity contribution in [1.82, 2.24) is 0 Å². The Kier molecular flexibility index (Phi) is 2.19. The maximum Gasteiger partial charge on any atom is 0.172 e. The first-order valence-corrected chi connectivity index (χ1v) is 3.87. The van der Waals surface area contributed by atoms with Crippen LogP contribution in [0.3, 0.4) is 0 Å². The Morgan fingerprint density at radius 1 is 1.78 bits per heavy atom. The van der Waals surface area contributed by atoms with Crippen LogP contribution in [0.1, 0.15) is 11.1 Å². The molecule has 0 saturated heterocycles. The van der Waals surface area contributed by atoms with E-state index in [9.17, 15) is 0 Å². The molecule has 1 aromatic heterocycles. The second kappa shape index (κ2) is 2.76. The van der Waals surface area contributed by atoms with Crippen LogP contribution >= 0.6 is 27.5 Å². The van der Waals surface area contributed by atoms with Crippen LogP contribution in [0.15, 0.2) is 15.3 Å². The maximum absolute atomic E-state index is 5.56. The summed E-state index contributed by atoms with van der Waals surface area (Å²) in [6.45, 7) is 1.96. The fraction of sp³-hybridized carbons (Fsp3) is 0.333. The average molecular weight is 209 g/mol. The van der Waals surface area contributed by atoms with E-state index in [1.54, 1.807) is 6.26 Å². The minimum atomic E-state index is 0.515. The molecule has 0 N–H and O–H groups in total. The van der Waals surface area contributed by atoms with Gasteiger partial charge in [0.25, 0.3) is 0 Å². The van der Waals surface area contributed by atoms with Crippen LogP contribution in [0.4, 0.5) is 0 Å². The van der Waals surface area contributed by atoms with Gasteiger partial charge in [0.1, 0.15) is 0 Å². The summed E-state index contributed by atoms with van der Waals surface area (Å²) in [5, 5.41) is 0. The summed E-state index contributed by atoms with van der Waals surface area (Å²) in [5.74, 6) is 0.515. The minimum absolute atomic E-state index is 0.515. The first kappa shape index (κ1) is 7.16. The van der Waals surface area contributed by atoms with Crippen LogP contribution in [-0.2, 0) is 5.88 Å². The van der Waals surface area contributed by atoms with Gasteiger partial charge in [-0.05, 0) is 22.9 Å². The lowest BCUT2D eigenvalue weighted by atomic mass is 10.2. The molecule has 0 saturated carbocycles. The van der Waals surface area contributed by atoms with Crippen molar-refractivity contribution >= 4 is 27.5 Å². The Hall–Kier alpha value is 0.0500. The highest BCUT2D eigenvalue weighted by Crippen LogP contribution is 2.22. The molecule has 0 spiro atoms. The lowest BCUT2D eigenvalue weighted by molar-refractivity contribution is 0.537. The van der Waals surface area contributed by atoms with Gasteiger partial charge in [-0.3, -0.25) is 0 Å². The Labute approximate surface area is 67.1 Å². The first-order valence-electron chi connectivity index (χ1n) is 2.54. The molecule has 1 nitrogen and oxygen atoms in total. The number of halogens is 2. The Bertz CT molecular complexity index is 207.